The Morgan fingerprint density at radius 3 is 2.35 bits per heavy atom. The predicted octanol–water partition coefficient (Wildman–Crippen LogP) is 4.60. The summed E-state index contributed by atoms with van der Waals surface area (Å²) in [4.78, 5) is 24.5. The highest BCUT2D eigenvalue weighted by atomic mass is 79.9. The van der Waals surface area contributed by atoms with E-state index in [1.807, 2.05) is 24.3 Å². The number of aliphatic carboxylic acids is 1. The van der Waals surface area contributed by atoms with Gasteiger partial charge in [-0.1, -0.05) is 57.3 Å². The summed E-state index contributed by atoms with van der Waals surface area (Å²) in [5.74, 6) is -1.38. The van der Waals surface area contributed by atoms with Crippen LogP contribution >= 0.6 is 39.1 Å². The number of hydrogen-bond donors (Lipinski definition) is 2. The molecule has 26 heavy (non-hydrogen) atoms. The number of nitrogens with one attached hydrogen (secondary N) is 1. The van der Waals surface area contributed by atoms with Crippen molar-refractivity contribution in [3.63, 3.8) is 0 Å². The van der Waals surface area contributed by atoms with E-state index in [1.165, 1.54) is 0 Å². The summed E-state index contributed by atoms with van der Waals surface area (Å²) < 4.78 is 0.909. The fraction of sp³-hybridized carbons (Fsp3) is 0.263. The smallest absolute Gasteiger partial charge is 0.326 e. The van der Waals surface area contributed by atoms with Crippen molar-refractivity contribution in [2.45, 2.75) is 30.7 Å². The highest BCUT2D eigenvalue weighted by Crippen LogP contribution is 2.51. The maximum Gasteiger partial charge on any atom is 0.326 e. The molecule has 0 bridgehead atoms. The maximum atomic E-state index is 12.9. The van der Waals surface area contributed by atoms with Gasteiger partial charge < -0.3 is 10.4 Å². The van der Waals surface area contributed by atoms with Gasteiger partial charge in [-0.15, -0.1) is 0 Å². The number of hydrogen-bond acceptors (Lipinski definition) is 2. The first-order valence-corrected chi connectivity index (χ1v) is 9.60. The molecular formula is C19H16BrCl2NO3. The zero-order valence-electron chi connectivity index (χ0n) is 13.6. The molecule has 0 aromatic heterocycles. The molecule has 7 heteroatoms. The van der Waals surface area contributed by atoms with Gasteiger partial charge in [0.25, 0.3) is 0 Å². The Kier molecular flexibility index (Phi) is 5.61. The van der Waals surface area contributed by atoms with Gasteiger partial charge in [0.2, 0.25) is 5.91 Å². The molecule has 2 N–H and O–H groups in total. The van der Waals surface area contributed by atoms with Crippen LogP contribution in [0.2, 0.25) is 10.0 Å². The van der Waals surface area contributed by atoms with Crippen LogP contribution in [0.5, 0.6) is 0 Å². The average molecular weight is 457 g/mol. The van der Waals surface area contributed by atoms with E-state index in [2.05, 4.69) is 21.2 Å². The Hall–Kier alpha value is -1.56. The van der Waals surface area contributed by atoms with Gasteiger partial charge in [-0.05, 0) is 48.2 Å². The molecule has 1 aliphatic carbocycles. The van der Waals surface area contributed by atoms with Crippen LogP contribution in [0.25, 0.3) is 0 Å². The van der Waals surface area contributed by atoms with Crippen LogP contribution in [0.4, 0.5) is 0 Å². The van der Waals surface area contributed by atoms with Crippen molar-refractivity contribution in [1.82, 2.24) is 5.32 Å². The molecule has 0 heterocycles. The van der Waals surface area contributed by atoms with E-state index in [-0.39, 0.29) is 12.3 Å². The largest absolute Gasteiger partial charge is 0.480 e. The Balaban J connectivity index is 1.77. The summed E-state index contributed by atoms with van der Waals surface area (Å²) in [6.45, 7) is 0. The van der Waals surface area contributed by atoms with Crippen molar-refractivity contribution in [3.05, 3.63) is 68.1 Å². The van der Waals surface area contributed by atoms with E-state index in [1.54, 1.807) is 18.2 Å². The van der Waals surface area contributed by atoms with E-state index in [0.29, 0.717) is 28.5 Å². The fourth-order valence-corrected chi connectivity index (χ4v) is 3.83. The molecule has 1 fully saturated rings. The normalized spacial score (nSPS) is 16.0. The van der Waals surface area contributed by atoms with Crippen LogP contribution in [-0.2, 0) is 21.4 Å². The zero-order valence-corrected chi connectivity index (χ0v) is 16.7. The molecule has 2 aromatic rings. The van der Waals surface area contributed by atoms with Gasteiger partial charge in [0.15, 0.2) is 0 Å². The first-order chi connectivity index (χ1) is 12.3. The number of carboxylic acid groups (broad SMARTS) is 1. The Morgan fingerprint density at radius 1 is 1.15 bits per heavy atom. The Labute approximate surface area is 169 Å². The molecule has 1 atom stereocenters. The molecular weight excluding hydrogens is 441 g/mol. The summed E-state index contributed by atoms with van der Waals surface area (Å²) in [6, 6.07) is 11.4. The summed E-state index contributed by atoms with van der Waals surface area (Å²) in [5, 5.41) is 13.1. The number of rotatable bonds is 6. The van der Waals surface area contributed by atoms with Crippen molar-refractivity contribution < 1.29 is 14.7 Å². The molecule has 0 radical (unpaired) electrons. The SMILES string of the molecule is O=C(O)[C@H](Cc1ccc(Br)cc1)NC(=O)C1(c2ccc(Cl)cc2Cl)CC1. The molecule has 1 aliphatic rings. The topological polar surface area (TPSA) is 66.4 Å². The summed E-state index contributed by atoms with van der Waals surface area (Å²) >= 11 is 15.5. The molecule has 0 aliphatic heterocycles. The minimum absolute atomic E-state index is 0.207. The van der Waals surface area contributed by atoms with E-state index >= 15 is 0 Å². The first-order valence-electron chi connectivity index (χ1n) is 8.05. The van der Waals surface area contributed by atoms with Crippen LogP contribution in [0.15, 0.2) is 46.9 Å². The van der Waals surface area contributed by atoms with Crippen LogP contribution in [-0.4, -0.2) is 23.0 Å². The van der Waals surface area contributed by atoms with Gasteiger partial charge in [0.05, 0.1) is 5.41 Å². The summed E-state index contributed by atoms with van der Waals surface area (Å²) in [7, 11) is 0. The third-order valence-corrected chi connectivity index (χ3v) is 5.66. The van der Waals surface area contributed by atoms with E-state index < -0.39 is 17.4 Å². The van der Waals surface area contributed by atoms with Gasteiger partial charge in [0, 0.05) is 20.9 Å². The van der Waals surface area contributed by atoms with Crippen molar-refractivity contribution in [3.8, 4) is 0 Å². The lowest BCUT2D eigenvalue weighted by Crippen LogP contribution is -2.46. The molecule has 1 saturated carbocycles. The van der Waals surface area contributed by atoms with Gasteiger partial charge in [0.1, 0.15) is 6.04 Å². The Morgan fingerprint density at radius 2 is 1.81 bits per heavy atom. The van der Waals surface area contributed by atoms with E-state index in [4.69, 9.17) is 23.2 Å². The molecule has 2 aromatic carbocycles. The number of carbonyl (C=O) groups is 2. The highest BCUT2D eigenvalue weighted by Gasteiger charge is 2.53. The lowest BCUT2D eigenvalue weighted by Gasteiger charge is -2.21. The number of amides is 1. The molecule has 0 saturated heterocycles. The minimum Gasteiger partial charge on any atom is -0.480 e. The Bertz CT molecular complexity index is 850. The second-order valence-electron chi connectivity index (χ2n) is 6.40. The van der Waals surface area contributed by atoms with Crippen LogP contribution < -0.4 is 5.32 Å². The van der Waals surface area contributed by atoms with Crippen molar-refractivity contribution in [2.24, 2.45) is 0 Å². The first kappa shape index (κ1) is 19.2. The summed E-state index contributed by atoms with van der Waals surface area (Å²) in [6.07, 6.45) is 1.47. The molecule has 4 nitrogen and oxygen atoms in total. The molecule has 136 valence electrons. The van der Waals surface area contributed by atoms with Crippen LogP contribution in [0.3, 0.4) is 0 Å². The third kappa shape index (κ3) is 4.05. The monoisotopic (exact) mass is 455 g/mol. The van der Waals surface area contributed by atoms with E-state index in [9.17, 15) is 14.7 Å². The second-order valence-corrected chi connectivity index (χ2v) is 8.16. The minimum atomic E-state index is -1.07. The molecule has 0 unspecified atom stereocenters. The summed E-state index contributed by atoms with van der Waals surface area (Å²) in [5.41, 5.74) is 0.749. The second kappa shape index (κ2) is 7.59. The fourth-order valence-electron chi connectivity index (χ4n) is 2.97. The van der Waals surface area contributed by atoms with Gasteiger partial charge in [-0.25, -0.2) is 4.79 Å². The highest BCUT2D eigenvalue weighted by molar-refractivity contribution is 9.10. The van der Waals surface area contributed by atoms with Crippen molar-refractivity contribution in [2.75, 3.05) is 0 Å². The number of carbonyl (C=O) groups excluding carboxylic acids is 1. The van der Waals surface area contributed by atoms with Gasteiger partial charge in [-0.3, -0.25) is 4.79 Å². The van der Waals surface area contributed by atoms with Crippen molar-refractivity contribution >= 4 is 51.0 Å². The average Bonchev–Trinajstić information content (AvgIpc) is 3.37. The number of halogens is 3. The molecule has 0 spiro atoms. The van der Waals surface area contributed by atoms with Crippen molar-refractivity contribution in [1.29, 1.82) is 0 Å². The third-order valence-electron chi connectivity index (χ3n) is 4.59. The predicted molar refractivity (Wildman–Crippen MR) is 105 cm³/mol. The molecule has 1 amide bonds. The maximum absolute atomic E-state index is 12.9. The lowest BCUT2D eigenvalue weighted by atomic mass is 9.94. The quantitative estimate of drug-likeness (QED) is 0.667. The van der Waals surface area contributed by atoms with Gasteiger partial charge in [-0.2, -0.15) is 0 Å². The zero-order chi connectivity index (χ0) is 18.9. The number of benzene rings is 2. The van der Waals surface area contributed by atoms with E-state index in [0.717, 1.165) is 10.0 Å². The lowest BCUT2D eigenvalue weighted by molar-refractivity contribution is -0.142. The standard InChI is InChI=1S/C19H16BrCl2NO3/c20-12-3-1-11(2-4-12)9-16(17(24)25)23-18(26)19(7-8-19)14-6-5-13(21)10-15(14)22/h1-6,10,16H,7-9H2,(H,23,26)(H,24,25)/t16-/m0/s1. The number of carboxylic acids is 1. The van der Waals surface area contributed by atoms with Gasteiger partial charge >= 0.3 is 5.97 Å². The van der Waals surface area contributed by atoms with Crippen LogP contribution in [0.1, 0.15) is 24.0 Å². The van der Waals surface area contributed by atoms with Crippen LogP contribution in [0, 0.1) is 0 Å². The molecule has 3 rings (SSSR count).